The smallest absolute Gasteiger partial charge is 0.177 e. The molecule has 0 radical (unpaired) electrons. The lowest BCUT2D eigenvalue weighted by Crippen LogP contribution is -2.32. The van der Waals surface area contributed by atoms with E-state index >= 15 is 0 Å². The van der Waals surface area contributed by atoms with Crippen LogP contribution < -0.4 is 0 Å². The zero-order valence-electron chi connectivity index (χ0n) is 14.8. The second-order valence-corrected chi connectivity index (χ2v) is 7.39. The van der Waals surface area contributed by atoms with Gasteiger partial charge in [-0.1, -0.05) is 18.2 Å². The van der Waals surface area contributed by atoms with E-state index < -0.39 is 5.92 Å². The third-order valence-electron chi connectivity index (χ3n) is 5.52. The van der Waals surface area contributed by atoms with Gasteiger partial charge in [0.15, 0.2) is 11.6 Å². The Morgan fingerprint density at radius 3 is 2.88 bits per heavy atom. The van der Waals surface area contributed by atoms with Crippen molar-refractivity contribution in [3.63, 3.8) is 0 Å². The zero-order chi connectivity index (χ0) is 18.0. The molecule has 0 bridgehead atoms. The summed E-state index contributed by atoms with van der Waals surface area (Å²) in [7, 11) is 3.91. The maximum absolute atomic E-state index is 13.4. The van der Waals surface area contributed by atoms with Gasteiger partial charge in [-0.25, -0.2) is 4.98 Å². The monoisotopic (exact) mass is 345 g/mol. The van der Waals surface area contributed by atoms with Crippen LogP contribution in [0.1, 0.15) is 44.8 Å². The Balaban J connectivity index is 1.76. The molecule has 2 aromatic rings. The minimum atomic E-state index is -0.617. The van der Waals surface area contributed by atoms with Crippen LogP contribution in [0.25, 0.3) is 17.2 Å². The largest absolute Gasteiger partial charge is 0.309 e. The van der Waals surface area contributed by atoms with Crippen LogP contribution in [0.5, 0.6) is 0 Å². The number of nitrogens with zero attached hydrogens (tertiary/aromatic N) is 3. The van der Waals surface area contributed by atoms with Crippen molar-refractivity contribution in [3.8, 4) is 0 Å². The van der Waals surface area contributed by atoms with E-state index in [1.165, 1.54) is 0 Å². The number of hydrogen-bond donors (Lipinski definition) is 0. The van der Waals surface area contributed by atoms with Gasteiger partial charge in [-0.2, -0.15) is 0 Å². The van der Waals surface area contributed by atoms with E-state index in [-0.39, 0.29) is 11.6 Å². The van der Waals surface area contributed by atoms with Crippen LogP contribution >= 0.6 is 0 Å². The summed E-state index contributed by atoms with van der Waals surface area (Å²) >= 11 is 0. The molecular weight excluding hydrogens is 326 g/mol. The first-order valence-corrected chi connectivity index (χ1v) is 8.92. The average Bonchev–Trinajstić information content (AvgIpc) is 3.15. The van der Waals surface area contributed by atoms with E-state index in [1.807, 2.05) is 23.4 Å². The molecule has 3 aliphatic rings. The quantitative estimate of drug-likeness (QED) is 0.803. The van der Waals surface area contributed by atoms with Crippen molar-refractivity contribution in [1.29, 1.82) is 0 Å². The van der Waals surface area contributed by atoms with Gasteiger partial charge in [0.2, 0.25) is 0 Å². The predicted octanol–water partition coefficient (Wildman–Crippen LogP) is 3.02. The van der Waals surface area contributed by atoms with Crippen LogP contribution in [0.15, 0.2) is 36.3 Å². The first-order valence-electron chi connectivity index (χ1n) is 8.92. The number of Topliss-reactive ketones (excluding diaryl/α,β-unsaturated/α-hetero) is 2. The molecule has 2 aromatic heterocycles. The normalized spacial score (nSPS) is 20.5. The lowest BCUT2D eigenvalue weighted by molar-refractivity contribution is 0.0787. The second kappa shape index (κ2) is 5.35. The molecule has 0 amide bonds. The molecule has 2 heterocycles. The molecule has 0 aromatic carbocycles. The summed E-state index contributed by atoms with van der Waals surface area (Å²) in [6, 6.07) is 0. The topological polar surface area (TPSA) is 54.7 Å². The summed E-state index contributed by atoms with van der Waals surface area (Å²) in [6.07, 6.45) is 13.2. The van der Waals surface area contributed by atoms with Crippen LogP contribution in [-0.4, -0.2) is 46.5 Å². The number of hydrogen-bond acceptors (Lipinski definition) is 4. The number of fused-ring (bicyclic) bond motifs is 5. The molecule has 0 saturated heterocycles. The summed E-state index contributed by atoms with van der Waals surface area (Å²) in [6.45, 7) is 0.700. The molecule has 0 saturated carbocycles. The van der Waals surface area contributed by atoms with Crippen molar-refractivity contribution < 1.29 is 9.59 Å². The van der Waals surface area contributed by atoms with Crippen LogP contribution in [0.3, 0.4) is 0 Å². The summed E-state index contributed by atoms with van der Waals surface area (Å²) in [5.41, 5.74) is 6.19. The molecule has 5 rings (SSSR count). The minimum absolute atomic E-state index is 0.0422. The van der Waals surface area contributed by atoms with Gasteiger partial charge in [0.25, 0.3) is 0 Å². The lowest BCUT2D eigenvalue weighted by Gasteiger charge is -2.23. The van der Waals surface area contributed by atoms with Gasteiger partial charge < -0.3 is 4.90 Å². The molecule has 0 N–H and O–H groups in total. The Kier molecular flexibility index (Phi) is 3.18. The number of rotatable bonds is 3. The first-order chi connectivity index (χ1) is 12.6. The molecule has 1 atom stereocenters. The van der Waals surface area contributed by atoms with E-state index in [0.29, 0.717) is 24.1 Å². The highest BCUT2D eigenvalue weighted by Gasteiger charge is 2.41. The molecule has 1 unspecified atom stereocenters. The van der Waals surface area contributed by atoms with Crippen molar-refractivity contribution in [2.24, 2.45) is 5.92 Å². The average molecular weight is 345 g/mol. The Bertz CT molecular complexity index is 1080. The third kappa shape index (κ3) is 1.92. The maximum Gasteiger partial charge on any atom is 0.177 e. The molecule has 130 valence electrons. The Morgan fingerprint density at radius 2 is 2.08 bits per heavy atom. The highest BCUT2D eigenvalue weighted by Crippen LogP contribution is 2.46. The van der Waals surface area contributed by atoms with Gasteiger partial charge in [0.1, 0.15) is 0 Å². The molecule has 0 aliphatic heterocycles. The molecule has 5 heteroatoms. The lowest BCUT2D eigenvalue weighted by atomic mass is 9.80. The minimum Gasteiger partial charge on any atom is -0.309 e. The highest BCUT2D eigenvalue weighted by molar-refractivity contribution is 6.28. The number of carbonyl (C=O) groups is 2. The van der Waals surface area contributed by atoms with Crippen LogP contribution in [0, 0.1) is 5.92 Å². The van der Waals surface area contributed by atoms with Crippen molar-refractivity contribution in [1.82, 2.24) is 14.3 Å². The Morgan fingerprint density at radius 1 is 1.23 bits per heavy atom. The molecule has 0 fully saturated rings. The first kappa shape index (κ1) is 15.5. The van der Waals surface area contributed by atoms with Gasteiger partial charge in [-0.15, -0.1) is 0 Å². The summed E-state index contributed by atoms with van der Waals surface area (Å²) < 4.78 is 1.91. The van der Waals surface area contributed by atoms with Crippen molar-refractivity contribution in [3.05, 3.63) is 58.7 Å². The SMILES string of the molecule is CN(C)CCC1C(=O)c2cncn3c4c(c(c23)C1=O)C1=CCC=CC1=C4. The second-order valence-electron chi connectivity index (χ2n) is 7.39. The Hall–Kier alpha value is -2.79. The van der Waals surface area contributed by atoms with Crippen molar-refractivity contribution in [2.45, 2.75) is 12.8 Å². The Labute approximate surface area is 151 Å². The molecule has 3 aliphatic carbocycles. The van der Waals surface area contributed by atoms with E-state index in [4.69, 9.17) is 0 Å². The van der Waals surface area contributed by atoms with E-state index in [2.05, 4.69) is 29.3 Å². The fourth-order valence-electron chi connectivity index (χ4n) is 4.30. The summed E-state index contributed by atoms with van der Waals surface area (Å²) in [5, 5.41) is 0. The van der Waals surface area contributed by atoms with Gasteiger partial charge in [-0.05, 0) is 50.7 Å². The van der Waals surface area contributed by atoms with Gasteiger partial charge >= 0.3 is 0 Å². The molecular formula is C21H19N3O2. The summed E-state index contributed by atoms with van der Waals surface area (Å²) in [4.78, 5) is 32.7. The standard InChI is InChI=1S/C21H19N3O2/c1-23(2)8-7-14-20(25)15-10-22-11-24-16-9-12-5-3-4-6-13(12)17(16)18(19(15)24)21(14)26/h3,5-6,9-11,14H,4,7-8H2,1-2H3. The van der Waals surface area contributed by atoms with Crippen molar-refractivity contribution in [2.75, 3.05) is 20.6 Å². The number of carbonyl (C=O) groups excluding carboxylic acids is 2. The number of aromatic nitrogens is 2. The third-order valence-corrected chi connectivity index (χ3v) is 5.52. The summed E-state index contributed by atoms with van der Waals surface area (Å²) in [5.74, 6) is -0.757. The van der Waals surface area contributed by atoms with Gasteiger partial charge in [0.05, 0.1) is 34.6 Å². The van der Waals surface area contributed by atoms with E-state index in [0.717, 1.165) is 34.3 Å². The number of allylic oxidation sites excluding steroid dienone is 5. The maximum atomic E-state index is 13.4. The zero-order valence-corrected chi connectivity index (χ0v) is 14.8. The molecule has 5 nitrogen and oxygen atoms in total. The van der Waals surface area contributed by atoms with Crippen LogP contribution in [0.4, 0.5) is 0 Å². The van der Waals surface area contributed by atoms with Crippen LogP contribution in [0.2, 0.25) is 0 Å². The van der Waals surface area contributed by atoms with Gasteiger partial charge in [0, 0.05) is 11.8 Å². The fourth-order valence-corrected chi connectivity index (χ4v) is 4.30. The van der Waals surface area contributed by atoms with Crippen LogP contribution in [-0.2, 0) is 0 Å². The molecule has 26 heavy (non-hydrogen) atoms. The van der Waals surface area contributed by atoms with E-state index in [9.17, 15) is 9.59 Å². The fraction of sp³-hybridized carbons (Fsp3) is 0.286. The highest BCUT2D eigenvalue weighted by atomic mass is 16.2. The van der Waals surface area contributed by atoms with E-state index in [1.54, 1.807) is 12.5 Å². The van der Waals surface area contributed by atoms with Crippen molar-refractivity contribution >= 4 is 28.7 Å². The number of ketones is 2. The molecule has 0 spiro atoms. The van der Waals surface area contributed by atoms with Gasteiger partial charge in [-0.3, -0.25) is 14.0 Å². The predicted molar refractivity (Wildman–Crippen MR) is 100 cm³/mol.